The van der Waals surface area contributed by atoms with Gasteiger partial charge in [0.25, 0.3) is 0 Å². The molecule has 0 aromatic rings. The SMILES string of the molecule is C=C(C)NOCCCC. The largest absolute Gasteiger partial charge is 0.276 e. The van der Waals surface area contributed by atoms with Crippen molar-refractivity contribution in [2.24, 2.45) is 0 Å². The van der Waals surface area contributed by atoms with Gasteiger partial charge in [-0.2, -0.15) is 0 Å². The number of hydroxylamine groups is 1. The summed E-state index contributed by atoms with van der Waals surface area (Å²) >= 11 is 0. The van der Waals surface area contributed by atoms with Gasteiger partial charge in [0.15, 0.2) is 0 Å². The standard InChI is InChI=1S/C7H15NO/c1-4-5-6-9-8-7(2)3/h8H,2,4-6H2,1,3H3. The van der Waals surface area contributed by atoms with Crippen LogP contribution in [0.15, 0.2) is 12.3 Å². The van der Waals surface area contributed by atoms with Crippen LogP contribution in [-0.4, -0.2) is 6.61 Å². The summed E-state index contributed by atoms with van der Waals surface area (Å²) in [5.41, 5.74) is 3.54. The van der Waals surface area contributed by atoms with Crippen molar-refractivity contribution in [1.29, 1.82) is 0 Å². The van der Waals surface area contributed by atoms with E-state index >= 15 is 0 Å². The molecule has 0 aromatic heterocycles. The Bertz CT molecular complexity index is 81.0. The number of nitrogens with one attached hydrogen (secondary N) is 1. The molecule has 1 N–H and O–H groups in total. The van der Waals surface area contributed by atoms with E-state index in [1.165, 1.54) is 0 Å². The fourth-order valence-electron chi connectivity index (χ4n) is 0.391. The highest BCUT2D eigenvalue weighted by molar-refractivity contribution is 4.79. The van der Waals surface area contributed by atoms with E-state index in [9.17, 15) is 0 Å². The van der Waals surface area contributed by atoms with Gasteiger partial charge in [-0.05, 0) is 13.3 Å². The van der Waals surface area contributed by atoms with Crippen LogP contribution in [0.3, 0.4) is 0 Å². The van der Waals surface area contributed by atoms with Crippen molar-refractivity contribution in [3.8, 4) is 0 Å². The molecule has 2 heteroatoms. The monoisotopic (exact) mass is 129 g/mol. The van der Waals surface area contributed by atoms with E-state index in [4.69, 9.17) is 4.84 Å². The molecule has 0 amide bonds. The maximum Gasteiger partial charge on any atom is 0.0745 e. The highest BCUT2D eigenvalue weighted by Gasteiger charge is 1.83. The molecule has 0 radical (unpaired) electrons. The van der Waals surface area contributed by atoms with Crippen molar-refractivity contribution in [3.05, 3.63) is 12.3 Å². The molecule has 0 aliphatic rings. The van der Waals surface area contributed by atoms with Crippen molar-refractivity contribution in [1.82, 2.24) is 5.48 Å². The minimum atomic E-state index is 0.767. The van der Waals surface area contributed by atoms with E-state index in [0.29, 0.717) is 0 Å². The van der Waals surface area contributed by atoms with Crippen molar-refractivity contribution >= 4 is 0 Å². The molecule has 2 nitrogen and oxygen atoms in total. The van der Waals surface area contributed by atoms with Crippen LogP contribution in [0.1, 0.15) is 26.7 Å². The minimum absolute atomic E-state index is 0.767. The Balaban J connectivity index is 2.83. The van der Waals surface area contributed by atoms with Gasteiger partial charge in [0.1, 0.15) is 0 Å². The van der Waals surface area contributed by atoms with Crippen LogP contribution in [0.4, 0.5) is 0 Å². The summed E-state index contributed by atoms with van der Waals surface area (Å²) in [4.78, 5) is 4.99. The first-order valence-corrected chi connectivity index (χ1v) is 3.30. The topological polar surface area (TPSA) is 21.3 Å². The summed E-state index contributed by atoms with van der Waals surface area (Å²) in [6, 6.07) is 0. The molecule has 0 spiro atoms. The van der Waals surface area contributed by atoms with E-state index in [1.807, 2.05) is 6.92 Å². The van der Waals surface area contributed by atoms with Crippen LogP contribution < -0.4 is 5.48 Å². The molecule has 0 saturated carbocycles. The zero-order valence-electron chi connectivity index (χ0n) is 6.24. The first-order chi connectivity index (χ1) is 4.27. The molecule has 0 fully saturated rings. The van der Waals surface area contributed by atoms with Crippen LogP contribution in [0, 0.1) is 0 Å². The Morgan fingerprint density at radius 1 is 1.67 bits per heavy atom. The Morgan fingerprint density at radius 3 is 2.78 bits per heavy atom. The highest BCUT2D eigenvalue weighted by Crippen LogP contribution is 1.86. The van der Waals surface area contributed by atoms with Crippen LogP contribution >= 0.6 is 0 Å². The van der Waals surface area contributed by atoms with Gasteiger partial charge >= 0.3 is 0 Å². The Kier molecular flexibility index (Phi) is 5.32. The van der Waals surface area contributed by atoms with E-state index < -0.39 is 0 Å². The minimum Gasteiger partial charge on any atom is -0.276 e. The molecule has 0 aliphatic heterocycles. The molecule has 0 saturated heterocycles. The zero-order chi connectivity index (χ0) is 7.11. The Morgan fingerprint density at radius 2 is 2.33 bits per heavy atom. The molecule has 9 heavy (non-hydrogen) atoms. The van der Waals surface area contributed by atoms with E-state index in [-0.39, 0.29) is 0 Å². The predicted molar refractivity (Wildman–Crippen MR) is 38.8 cm³/mol. The molecule has 0 aliphatic carbocycles. The third-order valence-electron chi connectivity index (χ3n) is 0.846. The molecule has 0 unspecified atom stereocenters. The fraction of sp³-hybridized carbons (Fsp3) is 0.714. The summed E-state index contributed by atoms with van der Waals surface area (Å²) < 4.78 is 0. The van der Waals surface area contributed by atoms with Gasteiger partial charge < -0.3 is 0 Å². The molecule has 0 bridgehead atoms. The normalized spacial score (nSPS) is 9.11. The van der Waals surface area contributed by atoms with Gasteiger partial charge in [0, 0.05) is 5.70 Å². The lowest BCUT2D eigenvalue weighted by molar-refractivity contribution is 0.0611. The van der Waals surface area contributed by atoms with E-state index in [0.717, 1.165) is 25.1 Å². The highest BCUT2D eigenvalue weighted by atomic mass is 16.6. The van der Waals surface area contributed by atoms with E-state index in [2.05, 4.69) is 19.0 Å². The number of rotatable bonds is 5. The van der Waals surface area contributed by atoms with Crippen LogP contribution in [0.25, 0.3) is 0 Å². The quantitative estimate of drug-likeness (QED) is 0.451. The molecular weight excluding hydrogens is 114 g/mol. The molecule has 54 valence electrons. The third-order valence-corrected chi connectivity index (χ3v) is 0.846. The second kappa shape index (κ2) is 5.63. The average Bonchev–Trinajstić information content (AvgIpc) is 1.80. The lowest BCUT2D eigenvalue weighted by atomic mass is 10.4. The van der Waals surface area contributed by atoms with Gasteiger partial charge in [-0.25, -0.2) is 0 Å². The maximum atomic E-state index is 4.99. The lowest BCUT2D eigenvalue weighted by Crippen LogP contribution is -2.11. The lowest BCUT2D eigenvalue weighted by Gasteiger charge is -2.03. The van der Waals surface area contributed by atoms with E-state index in [1.54, 1.807) is 0 Å². The molecular formula is C7H15NO. The summed E-state index contributed by atoms with van der Waals surface area (Å²) in [6.07, 6.45) is 2.26. The Hall–Kier alpha value is -0.500. The molecule has 0 heterocycles. The van der Waals surface area contributed by atoms with Crippen molar-refractivity contribution in [3.63, 3.8) is 0 Å². The zero-order valence-corrected chi connectivity index (χ0v) is 6.24. The third kappa shape index (κ3) is 7.50. The van der Waals surface area contributed by atoms with Gasteiger partial charge in [-0.15, -0.1) is 0 Å². The van der Waals surface area contributed by atoms with Crippen molar-refractivity contribution in [2.75, 3.05) is 6.61 Å². The summed E-state index contributed by atoms with van der Waals surface area (Å²) in [6.45, 7) is 8.38. The van der Waals surface area contributed by atoms with Crippen LogP contribution in [0.5, 0.6) is 0 Å². The van der Waals surface area contributed by atoms with Crippen LogP contribution in [0.2, 0.25) is 0 Å². The maximum absolute atomic E-state index is 4.99. The predicted octanol–water partition coefficient (Wildman–Crippen LogP) is 1.84. The van der Waals surface area contributed by atoms with Crippen molar-refractivity contribution < 1.29 is 4.84 Å². The number of hydrogen-bond donors (Lipinski definition) is 1. The number of allylic oxidation sites excluding steroid dienone is 1. The first kappa shape index (κ1) is 8.50. The Labute approximate surface area is 56.9 Å². The fourth-order valence-corrected chi connectivity index (χ4v) is 0.391. The second-order valence-corrected chi connectivity index (χ2v) is 2.08. The summed E-state index contributed by atoms with van der Waals surface area (Å²) in [5.74, 6) is 0. The van der Waals surface area contributed by atoms with Gasteiger partial charge in [-0.1, -0.05) is 19.9 Å². The summed E-state index contributed by atoms with van der Waals surface area (Å²) in [7, 11) is 0. The van der Waals surface area contributed by atoms with Gasteiger partial charge in [-0.3, -0.25) is 10.3 Å². The second-order valence-electron chi connectivity index (χ2n) is 2.08. The molecule has 0 aromatic carbocycles. The first-order valence-electron chi connectivity index (χ1n) is 3.30. The molecule has 0 atom stereocenters. The smallest absolute Gasteiger partial charge is 0.0745 e. The van der Waals surface area contributed by atoms with Gasteiger partial charge in [0.2, 0.25) is 0 Å². The number of unbranched alkanes of at least 4 members (excludes halogenated alkanes) is 1. The number of hydrogen-bond acceptors (Lipinski definition) is 2. The average molecular weight is 129 g/mol. The molecule has 0 rings (SSSR count). The summed E-state index contributed by atoms with van der Waals surface area (Å²) in [5, 5.41) is 0. The van der Waals surface area contributed by atoms with Gasteiger partial charge in [0.05, 0.1) is 6.61 Å². The van der Waals surface area contributed by atoms with Crippen molar-refractivity contribution in [2.45, 2.75) is 26.7 Å². The van der Waals surface area contributed by atoms with Crippen LogP contribution in [-0.2, 0) is 4.84 Å².